The number of urea groups is 1. The van der Waals surface area contributed by atoms with Crippen molar-refractivity contribution in [2.45, 2.75) is 51.0 Å². The maximum absolute atomic E-state index is 12.0. The molecule has 0 aromatic heterocycles. The summed E-state index contributed by atoms with van der Waals surface area (Å²) in [4.78, 5) is 24.3. The van der Waals surface area contributed by atoms with Gasteiger partial charge in [-0.25, -0.2) is 4.79 Å². The zero-order valence-electron chi connectivity index (χ0n) is 11.2. The second kappa shape index (κ2) is 6.59. The van der Waals surface area contributed by atoms with E-state index in [0.717, 1.165) is 32.1 Å². The first-order valence-electron chi connectivity index (χ1n) is 7.11. The Labute approximate surface area is 113 Å². The Morgan fingerprint density at radius 3 is 2.79 bits per heavy atom. The molecule has 0 atom stereocenters. The fraction of sp³-hybridized carbons (Fsp3) is 0.714. The lowest BCUT2D eigenvalue weighted by molar-refractivity contribution is -0.137. The summed E-state index contributed by atoms with van der Waals surface area (Å²) in [5.74, 6) is -0.852. The van der Waals surface area contributed by atoms with Gasteiger partial charge in [0.1, 0.15) is 0 Å². The molecule has 106 valence electrons. The highest BCUT2D eigenvalue weighted by atomic mass is 16.4. The zero-order valence-corrected chi connectivity index (χ0v) is 11.2. The van der Waals surface area contributed by atoms with Gasteiger partial charge in [-0.05, 0) is 38.5 Å². The molecule has 2 aliphatic rings. The van der Waals surface area contributed by atoms with Crippen molar-refractivity contribution < 1.29 is 14.7 Å². The molecule has 5 heteroatoms. The summed E-state index contributed by atoms with van der Waals surface area (Å²) < 4.78 is 0. The maximum atomic E-state index is 12.0. The number of carboxylic acids is 1. The normalized spacial score (nSPS) is 18.0. The Morgan fingerprint density at radius 2 is 2.21 bits per heavy atom. The maximum Gasteiger partial charge on any atom is 0.317 e. The van der Waals surface area contributed by atoms with Crippen molar-refractivity contribution in [2.24, 2.45) is 0 Å². The monoisotopic (exact) mass is 266 g/mol. The average molecular weight is 266 g/mol. The predicted molar refractivity (Wildman–Crippen MR) is 71.9 cm³/mol. The van der Waals surface area contributed by atoms with E-state index in [0.29, 0.717) is 13.1 Å². The number of rotatable bonds is 7. The number of carboxylic acid groups (broad SMARTS) is 1. The van der Waals surface area contributed by atoms with Crippen LogP contribution in [0.4, 0.5) is 4.79 Å². The summed E-state index contributed by atoms with van der Waals surface area (Å²) in [5, 5.41) is 11.6. The number of hydrogen-bond donors (Lipinski definition) is 2. The first kappa shape index (κ1) is 13.9. The van der Waals surface area contributed by atoms with E-state index >= 15 is 0 Å². The number of aliphatic carboxylic acids is 1. The molecule has 0 saturated heterocycles. The van der Waals surface area contributed by atoms with Gasteiger partial charge in [0.05, 0.1) is 6.42 Å². The molecule has 2 amide bonds. The quantitative estimate of drug-likeness (QED) is 0.694. The van der Waals surface area contributed by atoms with Crippen molar-refractivity contribution >= 4 is 12.0 Å². The Bertz CT molecular complexity index is 375. The van der Waals surface area contributed by atoms with Gasteiger partial charge in [-0.2, -0.15) is 0 Å². The molecule has 19 heavy (non-hydrogen) atoms. The molecular formula is C14H22N2O3. The van der Waals surface area contributed by atoms with Crippen LogP contribution in [0.2, 0.25) is 0 Å². The fourth-order valence-electron chi connectivity index (χ4n) is 2.45. The van der Waals surface area contributed by atoms with E-state index in [1.54, 1.807) is 4.90 Å². The Balaban J connectivity index is 1.70. The molecule has 0 bridgehead atoms. The second-order valence-electron chi connectivity index (χ2n) is 5.30. The number of amides is 2. The molecule has 5 nitrogen and oxygen atoms in total. The van der Waals surface area contributed by atoms with E-state index in [1.807, 2.05) is 0 Å². The first-order chi connectivity index (χ1) is 9.16. The van der Waals surface area contributed by atoms with Gasteiger partial charge in [-0.1, -0.05) is 11.6 Å². The van der Waals surface area contributed by atoms with Crippen LogP contribution in [-0.2, 0) is 4.79 Å². The molecule has 0 spiro atoms. The van der Waals surface area contributed by atoms with Gasteiger partial charge < -0.3 is 15.3 Å². The van der Waals surface area contributed by atoms with E-state index in [-0.39, 0.29) is 18.5 Å². The third kappa shape index (κ3) is 4.58. The number of carbonyl (C=O) groups excluding carboxylic acids is 1. The number of carbonyl (C=O) groups is 2. The number of nitrogens with one attached hydrogen (secondary N) is 1. The minimum Gasteiger partial charge on any atom is -0.481 e. The number of allylic oxidation sites excluding steroid dienone is 1. The van der Waals surface area contributed by atoms with Crippen molar-refractivity contribution in [2.75, 3.05) is 13.1 Å². The van der Waals surface area contributed by atoms with E-state index in [1.165, 1.54) is 12.0 Å². The van der Waals surface area contributed by atoms with Crippen LogP contribution in [0, 0.1) is 0 Å². The Kier molecular flexibility index (Phi) is 4.82. The molecule has 0 aliphatic heterocycles. The van der Waals surface area contributed by atoms with Gasteiger partial charge in [0, 0.05) is 19.1 Å². The summed E-state index contributed by atoms with van der Waals surface area (Å²) >= 11 is 0. The average Bonchev–Trinajstić information content (AvgIpc) is 3.06. The fourth-order valence-corrected chi connectivity index (χ4v) is 2.45. The summed E-state index contributed by atoms with van der Waals surface area (Å²) in [6, 6.07) is 0.146. The van der Waals surface area contributed by atoms with Gasteiger partial charge in [0.15, 0.2) is 0 Å². The third-order valence-electron chi connectivity index (χ3n) is 3.67. The largest absolute Gasteiger partial charge is 0.481 e. The van der Waals surface area contributed by atoms with E-state index in [4.69, 9.17) is 5.11 Å². The van der Waals surface area contributed by atoms with E-state index < -0.39 is 5.97 Å². The van der Waals surface area contributed by atoms with Crippen molar-refractivity contribution in [3.05, 3.63) is 11.6 Å². The molecule has 0 aromatic rings. The van der Waals surface area contributed by atoms with Crippen LogP contribution in [0.5, 0.6) is 0 Å². The van der Waals surface area contributed by atoms with Crippen molar-refractivity contribution in [1.82, 2.24) is 10.2 Å². The summed E-state index contributed by atoms with van der Waals surface area (Å²) in [6.07, 6.45) is 8.75. The first-order valence-corrected chi connectivity index (χ1v) is 7.11. The van der Waals surface area contributed by atoms with Crippen LogP contribution in [0.3, 0.4) is 0 Å². The summed E-state index contributed by atoms with van der Waals surface area (Å²) in [7, 11) is 0. The number of nitrogens with zero attached hydrogens (tertiary/aromatic N) is 1. The topological polar surface area (TPSA) is 69.6 Å². The summed E-state index contributed by atoms with van der Waals surface area (Å²) in [6.45, 7) is 0.968. The van der Waals surface area contributed by atoms with E-state index in [2.05, 4.69) is 11.4 Å². The molecule has 0 unspecified atom stereocenters. The predicted octanol–water partition coefficient (Wildman–Crippen LogP) is 2.14. The second-order valence-corrected chi connectivity index (χ2v) is 5.30. The van der Waals surface area contributed by atoms with Crippen molar-refractivity contribution in [3.8, 4) is 0 Å². The zero-order chi connectivity index (χ0) is 13.7. The Hall–Kier alpha value is -1.52. The van der Waals surface area contributed by atoms with Crippen molar-refractivity contribution in [1.29, 1.82) is 0 Å². The molecular weight excluding hydrogens is 244 g/mol. The minimum absolute atomic E-state index is 0.0229. The molecule has 0 radical (unpaired) electrons. The van der Waals surface area contributed by atoms with Crippen LogP contribution >= 0.6 is 0 Å². The highest BCUT2D eigenvalue weighted by Gasteiger charge is 2.32. The molecule has 0 aromatic carbocycles. The van der Waals surface area contributed by atoms with Gasteiger partial charge in [-0.15, -0.1) is 0 Å². The highest BCUT2D eigenvalue weighted by molar-refractivity contribution is 5.76. The lowest BCUT2D eigenvalue weighted by Crippen LogP contribution is -2.42. The lowest BCUT2D eigenvalue weighted by Gasteiger charge is -2.22. The summed E-state index contributed by atoms with van der Waals surface area (Å²) in [5.41, 5.74) is 1.43. The molecule has 2 rings (SSSR count). The van der Waals surface area contributed by atoms with Crippen LogP contribution < -0.4 is 5.32 Å². The van der Waals surface area contributed by atoms with Gasteiger partial charge in [0.25, 0.3) is 0 Å². The van der Waals surface area contributed by atoms with Gasteiger partial charge in [-0.3, -0.25) is 4.79 Å². The molecule has 1 fully saturated rings. The van der Waals surface area contributed by atoms with Crippen LogP contribution in [-0.4, -0.2) is 41.1 Å². The Morgan fingerprint density at radius 1 is 1.42 bits per heavy atom. The van der Waals surface area contributed by atoms with Gasteiger partial charge in [0.2, 0.25) is 0 Å². The van der Waals surface area contributed by atoms with E-state index in [9.17, 15) is 9.59 Å². The molecule has 0 heterocycles. The standard InChI is InChI=1S/C14H22N2O3/c17-13(18)8-10-16(12-5-6-12)14(19)15-9-7-11-3-1-2-4-11/h3,12H,1-2,4-10H2,(H,15,19)(H,17,18). The lowest BCUT2D eigenvalue weighted by atomic mass is 10.2. The molecule has 2 aliphatic carbocycles. The number of hydrogen-bond acceptors (Lipinski definition) is 2. The van der Waals surface area contributed by atoms with Crippen LogP contribution in [0.1, 0.15) is 44.9 Å². The highest BCUT2D eigenvalue weighted by Crippen LogP contribution is 2.27. The molecule has 2 N–H and O–H groups in total. The van der Waals surface area contributed by atoms with Gasteiger partial charge >= 0.3 is 12.0 Å². The minimum atomic E-state index is -0.852. The van der Waals surface area contributed by atoms with Crippen LogP contribution in [0.15, 0.2) is 11.6 Å². The van der Waals surface area contributed by atoms with Crippen LogP contribution in [0.25, 0.3) is 0 Å². The van der Waals surface area contributed by atoms with Crippen molar-refractivity contribution in [3.63, 3.8) is 0 Å². The third-order valence-corrected chi connectivity index (χ3v) is 3.67. The molecule has 1 saturated carbocycles. The smallest absolute Gasteiger partial charge is 0.317 e. The SMILES string of the molecule is O=C(O)CCN(C(=O)NCCC1=CCCC1)C1CC1.